The lowest BCUT2D eigenvalue weighted by Crippen LogP contribution is -2.09. The Balaban J connectivity index is 1.92. The van der Waals surface area contributed by atoms with E-state index in [2.05, 4.69) is 12.1 Å². The summed E-state index contributed by atoms with van der Waals surface area (Å²) in [5, 5.41) is 1.48. The minimum absolute atomic E-state index is 0.175. The molecule has 0 spiro atoms. The number of methoxy groups -OCH3 is 2. The van der Waals surface area contributed by atoms with E-state index in [1.165, 1.54) is 11.8 Å². The van der Waals surface area contributed by atoms with Gasteiger partial charge in [-0.25, -0.2) is 4.98 Å². The zero-order chi connectivity index (χ0) is 18.8. The summed E-state index contributed by atoms with van der Waals surface area (Å²) in [7, 11) is 3.26. The Bertz CT molecular complexity index is 990. The molecule has 1 saturated heterocycles. The van der Waals surface area contributed by atoms with Crippen LogP contribution < -0.4 is 9.47 Å². The van der Waals surface area contributed by atoms with Crippen molar-refractivity contribution < 1.29 is 19.0 Å². The zero-order valence-electron chi connectivity index (χ0n) is 15.1. The molecule has 1 atom stereocenters. The number of benzene rings is 2. The molecule has 0 radical (unpaired) electrons. The molecule has 27 heavy (non-hydrogen) atoms. The molecule has 3 aromatic rings. The van der Waals surface area contributed by atoms with Crippen LogP contribution in [0.4, 0.5) is 0 Å². The summed E-state index contributed by atoms with van der Waals surface area (Å²) >= 11 is 1.44. The van der Waals surface area contributed by atoms with Crippen LogP contribution in [0.5, 0.6) is 11.5 Å². The lowest BCUT2D eigenvalue weighted by atomic mass is 10.0. The maximum Gasteiger partial charge on any atom is 0.319 e. The molecule has 0 aliphatic carbocycles. The Morgan fingerprint density at radius 2 is 1.93 bits per heavy atom. The third kappa shape index (κ3) is 3.45. The van der Waals surface area contributed by atoms with Crippen LogP contribution in [-0.4, -0.2) is 37.0 Å². The number of rotatable bonds is 5. The molecule has 1 aromatic heterocycles. The van der Waals surface area contributed by atoms with E-state index in [1.54, 1.807) is 14.2 Å². The van der Waals surface area contributed by atoms with Crippen LogP contribution in [0.15, 0.2) is 53.6 Å². The number of cyclic esters (lactones) is 1. The summed E-state index contributed by atoms with van der Waals surface area (Å²) in [4.78, 5) is 16.7. The van der Waals surface area contributed by atoms with Gasteiger partial charge >= 0.3 is 5.97 Å². The van der Waals surface area contributed by atoms with Crippen LogP contribution in [0.3, 0.4) is 0 Å². The van der Waals surface area contributed by atoms with Crippen molar-refractivity contribution in [1.82, 2.24) is 4.98 Å². The van der Waals surface area contributed by atoms with Crippen LogP contribution in [-0.2, 0) is 9.53 Å². The highest BCUT2D eigenvalue weighted by Gasteiger charge is 2.28. The van der Waals surface area contributed by atoms with E-state index in [0.29, 0.717) is 24.5 Å². The van der Waals surface area contributed by atoms with Crippen molar-refractivity contribution in [3.63, 3.8) is 0 Å². The number of nitrogens with zero attached hydrogens (tertiary/aromatic N) is 1. The van der Waals surface area contributed by atoms with E-state index >= 15 is 0 Å². The molecule has 1 fully saturated rings. The second kappa shape index (κ2) is 7.48. The highest BCUT2D eigenvalue weighted by atomic mass is 32.2. The maximum absolute atomic E-state index is 11.9. The van der Waals surface area contributed by atoms with Gasteiger partial charge in [0.1, 0.15) is 16.7 Å². The first-order chi connectivity index (χ1) is 13.2. The van der Waals surface area contributed by atoms with Gasteiger partial charge in [-0.2, -0.15) is 0 Å². The van der Waals surface area contributed by atoms with Crippen LogP contribution in [0, 0.1) is 0 Å². The van der Waals surface area contributed by atoms with Crippen LogP contribution in [0.2, 0.25) is 0 Å². The average Bonchev–Trinajstić information content (AvgIpc) is 3.11. The molecule has 0 N–H and O–H groups in total. The Kier molecular flexibility index (Phi) is 4.90. The van der Waals surface area contributed by atoms with Gasteiger partial charge < -0.3 is 14.2 Å². The summed E-state index contributed by atoms with van der Waals surface area (Å²) in [6.07, 6.45) is 0.700. The Morgan fingerprint density at radius 1 is 1.11 bits per heavy atom. The molecule has 1 unspecified atom stereocenters. The molecule has 6 heteroatoms. The molecule has 4 rings (SSSR count). The third-order valence-electron chi connectivity index (χ3n) is 4.51. The monoisotopic (exact) mass is 381 g/mol. The molecule has 2 aromatic carbocycles. The molecule has 0 amide bonds. The smallest absolute Gasteiger partial charge is 0.319 e. The van der Waals surface area contributed by atoms with E-state index in [0.717, 1.165) is 27.1 Å². The van der Waals surface area contributed by atoms with Crippen molar-refractivity contribution in [2.24, 2.45) is 0 Å². The topological polar surface area (TPSA) is 57.7 Å². The van der Waals surface area contributed by atoms with Crippen LogP contribution in [0.25, 0.3) is 22.0 Å². The summed E-state index contributed by atoms with van der Waals surface area (Å²) in [6, 6.07) is 15.9. The average molecular weight is 381 g/mol. The Labute approximate surface area is 161 Å². The molecule has 138 valence electrons. The SMILES string of the molecule is COc1cc(OC)c2c(-c3ccccc3)cc(SC3CCOC3=O)nc2c1. The van der Waals surface area contributed by atoms with Crippen molar-refractivity contribution in [2.75, 3.05) is 20.8 Å². The number of hydrogen-bond donors (Lipinski definition) is 0. The van der Waals surface area contributed by atoms with E-state index in [4.69, 9.17) is 19.2 Å². The van der Waals surface area contributed by atoms with Crippen molar-refractivity contribution in [1.29, 1.82) is 0 Å². The van der Waals surface area contributed by atoms with Gasteiger partial charge in [0.25, 0.3) is 0 Å². The van der Waals surface area contributed by atoms with Gasteiger partial charge in [-0.05, 0) is 17.2 Å². The highest BCUT2D eigenvalue weighted by Crippen LogP contribution is 2.40. The van der Waals surface area contributed by atoms with Gasteiger partial charge in [-0.1, -0.05) is 42.1 Å². The Hall–Kier alpha value is -2.73. The highest BCUT2D eigenvalue weighted by molar-refractivity contribution is 8.00. The van der Waals surface area contributed by atoms with Crippen molar-refractivity contribution in [2.45, 2.75) is 16.7 Å². The minimum Gasteiger partial charge on any atom is -0.497 e. The predicted molar refractivity (Wildman–Crippen MR) is 106 cm³/mol. The van der Waals surface area contributed by atoms with Crippen molar-refractivity contribution >= 4 is 28.6 Å². The van der Waals surface area contributed by atoms with Gasteiger partial charge in [-0.3, -0.25) is 4.79 Å². The first-order valence-electron chi connectivity index (χ1n) is 8.65. The number of hydrogen-bond acceptors (Lipinski definition) is 6. The van der Waals surface area contributed by atoms with Crippen LogP contribution >= 0.6 is 11.8 Å². The van der Waals surface area contributed by atoms with Crippen molar-refractivity contribution in [3.05, 3.63) is 48.5 Å². The third-order valence-corrected chi connectivity index (χ3v) is 5.68. The van der Waals surface area contributed by atoms with Crippen molar-refractivity contribution in [3.8, 4) is 22.6 Å². The fourth-order valence-electron chi connectivity index (χ4n) is 3.20. The van der Waals surface area contributed by atoms with Crippen LogP contribution in [0.1, 0.15) is 6.42 Å². The Morgan fingerprint density at radius 3 is 2.59 bits per heavy atom. The largest absolute Gasteiger partial charge is 0.497 e. The summed E-state index contributed by atoms with van der Waals surface area (Å²) < 4.78 is 16.1. The van der Waals surface area contributed by atoms with E-state index in [-0.39, 0.29) is 11.2 Å². The first kappa shape index (κ1) is 17.7. The fraction of sp³-hybridized carbons (Fsp3) is 0.238. The maximum atomic E-state index is 11.9. The van der Waals surface area contributed by atoms with Gasteiger partial charge in [0.05, 0.1) is 36.8 Å². The normalized spacial score (nSPS) is 16.4. The lowest BCUT2D eigenvalue weighted by molar-refractivity contribution is -0.137. The number of pyridine rings is 1. The number of ether oxygens (including phenoxy) is 3. The number of carbonyl (C=O) groups excluding carboxylic acids is 1. The molecule has 0 bridgehead atoms. The lowest BCUT2D eigenvalue weighted by Gasteiger charge is -2.15. The number of carbonyl (C=O) groups is 1. The second-order valence-corrected chi connectivity index (χ2v) is 7.38. The number of thioether (sulfide) groups is 1. The molecule has 1 aliphatic heterocycles. The standard InChI is InChI=1S/C21H19NO4S/c1-24-14-10-16-20(17(11-14)25-2)15(13-6-4-3-5-7-13)12-19(22-16)27-18-8-9-26-21(18)23/h3-7,10-12,18H,8-9H2,1-2H3. The van der Waals surface area contributed by atoms with Gasteiger partial charge in [0.15, 0.2) is 0 Å². The molecule has 0 saturated carbocycles. The number of aromatic nitrogens is 1. The summed E-state index contributed by atoms with van der Waals surface area (Å²) in [6.45, 7) is 0.470. The summed E-state index contributed by atoms with van der Waals surface area (Å²) in [5.41, 5.74) is 2.83. The molecule has 5 nitrogen and oxygen atoms in total. The van der Waals surface area contributed by atoms with Gasteiger partial charge in [0.2, 0.25) is 0 Å². The quantitative estimate of drug-likeness (QED) is 0.613. The molecular formula is C21H19NO4S. The van der Waals surface area contributed by atoms with E-state index in [9.17, 15) is 4.79 Å². The van der Waals surface area contributed by atoms with E-state index in [1.807, 2.05) is 36.4 Å². The minimum atomic E-state index is -0.217. The second-order valence-electron chi connectivity index (χ2n) is 6.16. The fourth-order valence-corrected chi connectivity index (χ4v) is 4.20. The molecule has 1 aliphatic rings. The zero-order valence-corrected chi connectivity index (χ0v) is 15.9. The molecular weight excluding hydrogens is 362 g/mol. The first-order valence-corrected chi connectivity index (χ1v) is 9.53. The number of fused-ring (bicyclic) bond motifs is 1. The van der Waals surface area contributed by atoms with E-state index < -0.39 is 0 Å². The van der Waals surface area contributed by atoms with Gasteiger partial charge in [0, 0.05) is 18.6 Å². The number of esters is 1. The van der Waals surface area contributed by atoms with Gasteiger partial charge in [-0.15, -0.1) is 0 Å². The predicted octanol–water partition coefficient (Wildman–Crippen LogP) is 4.33. The summed E-state index contributed by atoms with van der Waals surface area (Å²) in [5.74, 6) is 1.20. The molecule has 2 heterocycles.